The van der Waals surface area contributed by atoms with Gasteiger partial charge in [-0.15, -0.1) is 0 Å². The number of carbonyl (C=O) groups is 1. The largest absolute Gasteiger partial charge is 0.328 e. The van der Waals surface area contributed by atoms with Gasteiger partial charge in [-0.25, -0.2) is 4.68 Å². The lowest BCUT2D eigenvalue weighted by molar-refractivity contribution is -0.113. The molecule has 2 heterocycles. The van der Waals surface area contributed by atoms with E-state index in [0.717, 1.165) is 23.6 Å². The first-order chi connectivity index (χ1) is 10.2. The van der Waals surface area contributed by atoms with Crippen LogP contribution in [0.5, 0.6) is 0 Å². The zero-order valence-electron chi connectivity index (χ0n) is 12.1. The van der Waals surface area contributed by atoms with Crippen molar-refractivity contribution in [1.82, 2.24) is 14.8 Å². The summed E-state index contributed by atoms with van der Waals surface area (Å²) < 4.78 is 1.73. The molecule has 2 aromatic rings. The molecule has 1 aliphatic heterocycles. The van der Waals surface area contributed by atoms with E-state index in [0.29, 0.717) is 18.1 Å². The van der Waals surface area contributed by atoms with Crippen molar-refractivity contribution < 1.29 is 4.79 Å². The number of benzene rings is 1. The Morgan fingerprint density at radius 3 is 2.86 bits per heavy atom. The van der Waals surface area contributed by atoms with E-state index in [1.54, 1.807) is 4.68 Å². The van der Waals surface area contributed by atoms with Gasteiger partial charge in [-0.1, -0.05) is 25.1 Å². The minimum absolute atomic E-state index is 0.120. The van der Waals surface area contributed by atoms with Crippen LogP contribution in [0.2, 0.25) is 0 Å². The zero-order valence-corrected chi connectivity index (χ0v) is 12.1. The van der Waals surface area contributed by atoms with Crippen LogP contribution in [0.25, 0.3) is 0 Å². The van der Waals surface area contributed by atoms with Crippen LogP contribution in [0.4, 0.5) is 11.6 Å². The molecule has 6 nitrogen and oxygen atoms in total. The second-order valence-corrected chi connectivity index (χ2v) is 4.91. The maximum absolute atomic E-state index is 12.4. The Kier molecular flexibility index (Phi) is 3.43. The summed E-state index contributed by atoms with van der Waals surface area (Å²) in [5, 5.41) is 10.4. The molecule has 0 atom stereocenters. The van der Waals surface area contributed by atoms with Crippen LogP contribution in [-0.4, -0.2) is 20.7 Å². The second-order valence-electron chi connectivity index (χ2n) is 4.91. The van der Waals surface area contributed by atoms with Crippen molar-refractivity contribution in [3.05, 3.63) is 47.4 Å². The van der Waals surface area contributed by atoms with Crippen molar-refractivity contribution in [1.29, 1.82) is 0 Å². The SMILES string of the molecule is CCc1nc2n(n1)CC(C(=O)Nc1ccccc1)=C(C)N2. The fourth-order valence-electron chi connectivity index (χ4n) is 2.22. The van der Waals surface area contributed by atoms with Crippen molar-refractivity contribution in [3.63, 3.8) is 0 Å². The van der Waals surface area contributed by atoms with Crippen molar-refractivity contribution in [2.45, 2.75) is 26.8 Å². The average Bonchev–Trinajstić information content (AvgIpc) is 2.89. The van der Waals surface area contributed by atoms with Gasteiger partial charge in [0.25, 0.3) is 5.91 Å². The predicted octanol–water partition coefficient (Wildman–Crippen LogP) is 2.18. The molecule has 0 aliphatic carbocycles. The third-order valence-corrected chi connectivity index (χ3v) is 3.40. The van der Waals surface area contributed by atoms with Gasteiger partial charge in [-0.2, -0.15) is 10.1 Å². The van der Waals surface area contributed by atoms with E-state index in [9.17, 15) is 4.79 Å². The Hall–Kier alpha value is -2.63. The lowest BCUT2D eigenvalue weighted by atomic mass is 10.1. The minimum atomic E-state index is -0.120. The summed E-state index contributed by atoms with van der Waals surface area (Å²) in [6.07, 6.45) is 0.770. The number of para-hydroxylation sites is 1. The molecule has 1 amide bonds. The van der Waals surface area contributed by atoms with Crippen LogP contribution in [0.1, 0.15) is 19.7 Å². The first-order valence-corrected chi connectivity index (χ1v) is 6.94. The summed E-state index contributed by atoms with van der Waals surface area (Å²) in [5.74, 6) is 1.35. The Morgan fingerprint density at radius 2 is 2.14 bits per heavy atom. The van der Waals surface area contributed by atoms with Crippen molar-refractivity contribution in [3.8, 4) is 0 Å². The number of amides is 1. The van der Waals surface area contributed by atoms with E-state index in [1.807, 2.05) is 44.2 Å². The number of nitrogens with zero attached hydrogens (tertiary/aromatic N) is 3. The standard InChI is InChI=1S/C15H17N5O/c1-3-13-18-15-16-10(2)12(9-20(15)19-13)14(21)17-11-7-5-4-6-8-11/h4-8H,3,9H2,1-2H3,(H,17,21)(H,16,18,19). The molecule has 21 heavy (non-hydrogen) atoms. The number of fused-ring (bicyclic) bond motifs is 1. The van der Waals surface area contributed by atoms with Crippen LogP contribution in [0, 0.1) is 0 Å². The van der Waals surface area contributed by atoms with E-state index in [-0.39, 0.29) is 5.91 Å². The lowest BCUT2D eigenvalue weighted by Gasteiger charge is -2.19. The van der Waals surface area contributed by atoms with Gasteiger partial charge in [-0.05, 0) is 19.1 Å². The summed E-state index contributed by atoms with van der Waals surface area (Å²) >= 11 is 0. The topological polar surface area (TPSA) is 71.8 Å². The van der Waals surface area contributed by atoms with E-state index in [1.165, 1.54) is 0 Å². The van der Waals surface area contributed by atoms with E-state index in [4.69, 9.17) is 0 Å². The summed E-state index contributed by atoms with van der Waals surface area (Å²) in [4.78, 5) is 16.8. The first-order valence-electron chi connectivity index (χ1n) is 6.94. The normalized spacial score (nSPS) is 13.6. The van der Waals surface area contributed by atoms with Crippen molar-refractivity contribution in [2.24, 2.45) is 0 Å². The van der Waals surface area contributed by atoms with Crippen LogP contribution < -0.4 is 10.6 Å². The molecule has 0 unspecified atom stereocenters. The molecule has 1 aliphatic rings. The summed E-state index contributed by atoms with van der Waals surface area (Å²) in [5.41, 5.74) is 2.26. The van der Waals surface area contributed by atoms with E-state index in [2.05, 4.69) is 20.7 Å². The highest BCUT2D eigenvalue weighted by molar-refractivity contribution is 6.04. The molecule has 3 rings (SSSR count). The molecule has 108 valence electrons. The maximum atomic E-state index is 12.4. The summed E-state index contributed by atoms with van der Waals surface area (Å²) in [6.45, 7) is 4.31. The Bertz CT molecular complexity index is 702. The minimum Gasteiger partial charge on any atom is -0.328 e. The number of carbonyl (C=O) groups excluding carboxylic acids is 1. The molecule has 0 fully saturated rings. The molecular weight excluding hydrogens is 266 g/mol. The van der Waals surface area contributed by atoms with Crippen molar-refractivity contribution >= 4 is 17.5 Å². The molecular formula is C15H17N5O. The smallest absolute Gasteiger partial charge is 0.255 e. The molecule has 0 radical (unpaired) electrons. The molecule has 0 saturated carbocycles. The maximum Gasteiger partial charge on any atom is 0.255 e. The molecule has 2 N–H and O–H groups in total. The first kappa shape index (κ1) is 13.4. The fraction of sp³-hybridized carbons (Fsp3) is 0.267. The number of aryl methyl sites for hydroxylation is 1. The van der Waals surface area contributed by atoms with Gasteiger partial charge in [0.15, 0.2) is 5.82 Å². The van der Waals surface area contributed by atoms with Gasteiger partial charge in [0.1, 0.15) is 0 Å². The molecule has 6 heteroatoms. The Morgan fingerprint density at radius 1 is 1.38 bits per heavy atom. The van der Waals surface area contributed by atoms with E-state index >= 15 is 0 Å². The number of hydrogen-bond acceptors (Lipinski definition) is 4. The van der Waals surface area contributed by atoms with Gasteiger partial charge < -0.3 is 10.6 Å². The molecule has 1 aromatic heterocycles. The Labute approximate surface area is 122 Å². The number of rotatable bonds is 3. The number of hydrogen-bond donors (Lipinski definition) is 2. The zero-order chi connectivity index (χ0) is 14.8. The van der Waals surface area contributed by atoms with Crippen molar-refractivity contribution in [2.75, 3.05) is 10.6 Å². The van der Waals surface area contributed by atoms with Gasteiger partial charge in [-0.3, -0.25) is 4.79 Å². The van der Waals surface area contributed by atoms with Gasteiger partial charge in [0.05, 0.1) is 12.1 Å². The van der Waals surface area contributed by atoms with E-state index < -0.39 is 0 Å². The molecule has 0 spiro atoms. The number of anilines is 2. The third-order valence-electron chi connectivity index (χ3n) is 3.40. The highest BCUT2D eigenvalue weighted by Gasteiger charge is 2.22. The molecule has 0 bridgehead atoms. The molecule has 0 saturated heterocycles. The summed E-state index contributed by atoms with van der Waals surface area (Å²) in [7, 11) is 0. The highest BCUT2D eigenvalue weighted by atomic mass is 16.1. The average molecular weight is 283 g/mol. The van der Waals surface area contributed by atoms with Crippen LogP contribution in [0.3, 0.4) is 0 Å². The summed E-state index contributed by atoms with van der Waals surface area (Å²) in [6, 6.07) is 9.41. The molecule has 1 aromatic carbocycles. The van der Waals surface area contributed by atoms with Crippen LogP contribution in [-0.2, 0) is 17.8 Å². The number of aromatic nitrogens is 3. The fourth-order valence-corrected chi connectivity index (χ4v) is 2.22. The lowest BCUT2D eigenvalue weighted by Crippen LogP contribution is -2.26. The third kappa shape index (κ3) is 2.65. The Balaban J connectivity index is 1.80. The quantitative estimate of drug-likeness (QED) is 0.905. The predicted molar refractivity (Wildman–Crippen MR) is 80.8 cm³/mol. The van der Waals surface area contributed by atoms with Crippen LogP contribution >= 0.6 is 0 Å². The van der Waals surface area contributed by atoms with Crippen LogP contribution in [0.15, 0.2) is 41.6 Å². The number of allylic oxidation sites excluding steroid dienone is 1. The highest BCUT2D eigenvalue weighted by Crippen LogP contribution is 2.21. The van der Waals surface area contributed by atoms with Gasteiger partial charge >= 0.3 is 0 Å². The van der Waals surface area contributed by atoms with Gasteiger partial charge in [0.2, 0.25) is 5.95 Å². The number of nitrogens with one attached hydrogen (secondary N) is 2. The van der Waals surface area contributed by atoms with Gasteiger partial charge in [0, 0.05) is 17.8 Å². The monoisotopic (exact) mass is 283 g/mol. The second kappa shape index (κ2) is 5.40.